The Kier molecular flexibility index (Phi) is 8.46. The highest BCUT2D eigenvalue weighted by molar-refractivity contribution is 6.30. The third-order valence-electron chi connectivity index (χ3n) is 5.12. The van der Waals surface area contributed by atoms with E-state index < -0.39 is 18.1 Å². The van der Waals surface area contributed by atoms with Crippen molar-refractivity contribution >= 4 is 29.2 Å². The van der Waals surface area contributed by atoms with Gasteiger partial charge in [0.05, 0.1) is 18.4 Å². The van der Waals surface area contributed by atoms with E-state index in [9.17, 15) is 19.8 Å². The Balaban J connectivity index is 1.52. The monoisotopic (exact) mass is 462 g/mol. The lowest BCUT2D eigenvalue weighted by atomic mass is 10.2. The van der Waals surface area contributed by atoms with Gasteiger partial charge in [0.15, 0.2) is 0 Å². The number of halogens is 1. The van der Waals surface area contributed by atoms with Crippen molar-refractivity contribution in [3.05, 3.63) is 59.1 Å². The smallest absolute Gasteiger partial charge is 0.321 e. The topological polar surface area (TPSA) is 108 Å². The normalized spacial score (nSPS) is 19.5. The highest BCUT2D eigenvalue weighted by Crippen LogP contribution is 2.25. The Hall–Kier alpha value is -2.65. The zero-order valence-electron chi connectivity index (χ0n) is 17.7. The standard InChI is InChI=1S/C23H27ClN2O6/c1-15(27)25-20-4-2-3-5-22(20)32-14-18(28)11-26-12-19(10-21(26)23(29)30)31-13-16-6-8-17(24)9-7-16/h2-9,18-19,21,28H,10-14H2,1H3,(H,25,27)(H,29,30). The van der Waals surface area contributed by atoms with Crippen LogP contribution in [0.5, 0.6) is 5.75 Å². The molecule has 1 saturated heterocycles. The van der Waals surface area contributed by atoms with Crippen molar-refractivity contribution in [3.8, 4) is 5.75 Å². The molecule has 3 rings (SSSR count). The Morgan fingerprint density at radius 3 is 2.62 bits per heavy atom. The molecule has 0 aliphatic carbocycles. The zero-order valence-corrected chi connectivity index (χ0v) is 18.5. The van der Waals surface area contributed by atoms with Crippen LogP contribution in [0.25, 0.3) is 0 Å². The third kappa shape index (κ3) is 6.93. The fraction of sp³-hybridized carbons (Fsp3) is 0.391. The first-order chi connectivity index (χ1) is 15.3. The minimum atomic E-state index is -0.952. The maximum absolute atomic E-state index is 11.7. The van der Waals surface area contributed by atoms with E-state index in [1.165, 1.54) is 6.92 Å². The molecular formula is C23H27ClN2O6. The Morgan fingerprint density at radius 1 is 1.22 bits per heavy atom. The second-order valence-corrected chi connectivity index (χ2v) is 8.18. The number of nitrogens with one attached hydrogen (secondary N) is 1. The van der Waals surface area contributed by atoms with Crippen molar-refractivity contribution in [2.45, 2.75) is 38.2 Å². The number of aliphatic hydroxyl groups is 1. The Bertz CT molecular complexity index is 923. The van der Waals surface area contributed by atoms with Crippen LogP contribution in [0, 0.1) is 0 Å². The van der Waals surface area contributed by atoms with Crippen LogP contribution in [0.3, 0.4) is 0 Å². The number of carboxylic acid groups (broad SMARTS) is 1. The summed E-state index contributed by atoms with van der Waals surface area (Å²) >= 11 is 5.89. The van der Waals surface area contributed by atoms with Crippen LogP contribution in [0.1, 0.15) is 18.9 Å². The molecule has 8 nitrogen and oxygen atoms in total. The number of ether oxygens (including phenoxy) is 2. The lowest BCUT2D eigenvalue weighted by molar-refractivity contribution is -0.142. The first kappa shape index (κ1) is 24.0. The summed E-state index contributed by atoms with van der Waals surface area (Å²) in [6.45, 7) is 2.23. The van der Waals surface area contributed by atoms with Crippen LogP contribution in [0.4, 0.5) is 5.69 Å². The number of rotatable bonds is 10. The van der Waals surface area contributed by atoms with E-state index in [1.54, 1.807) is 41.3 Å². The number of anilines is 1. The molecule has 0 spiro atoms. The van der Waals surface area contributed by atoms with Crippen molar-refractivity contribution in [1.82, 2.24) is 4.90 Å². The van der Waals surface area contributed by atoms with Crippen LogP contribution >= 0.6 is 11.6 Å². The van der Waals surface area contributed by atoms with Crippen LogP contribution in [-0.4, -0.2) is 64.9 Å². The summed E-state index contributed by atoms with van der Waals surface area (Å²) < 4.78 is 11.6. The highest BCUT2D eigenvalue weighted by atomic mass is 35.5. The van der Waals surface area contributed by atoms with Crippen LogP contribution < -0.4 is 10.1 Å². The molecule has 1 fully saturated rings. The summed E-state index contributed by atoms with van der Waals surface area (Å²) in [5.41, 5.74) is 1.46. The first-order valence-electron chi connectivity index (χ1n) is 10.3. The predicted octanol–water partition coefficient (Wildman–Crippen LogP) is 2.78. The molecule has 2 aromatic rings. The lowest BCUT2D eigenvalue weighted by Gasteiger charge is -2.24. The minimum absolute atomic E-state index is 0.0459. The number of para-hydroxylation sites is 2. The molecule has 1 amide bonds. The Labute approximate surface area is 191 Å². The molecule has 2 aromatic carbocycles. The van der Waals surface area contributed by atoms with Crippen LogP contribution in [-0.2, 0) is 20.9 Å². The molecule has 0 aromatic heterocycles. The Morgan fingerprint density at radius 2 is 1.94 bits per heavy atom. The molecule has 0 saturated carbocycles. The maximum Gasteiger partial charge on any atom is 0.321 e. The van der Waals surface area contributed by atoms with Gasteiger partial charge in [-0.2, -0.15) is 0 Å². The van der Waals surface area contributed by atoms with Crippen molar-refractivity contribution < 1.29 is 29.3 Å². The molecule has 32 heavy (non-hydrogen) atoms. The van der Waals surface area contributed by atoms with Gasteiger partial charge >= 0.3 is 5.97 Å². The zero-order chi connectivity index (χ0) is 23.1. The van der Waals surface area contributed by atoms with E-state index in [2.05, 4.69) is 5.32 Å². The van der Waals surface area contributed by atoms with Gasteiger partial charge in [0.1, 0.15) is 24.5 Å². The number of nitrogens with zero attached hydrogens (tertiary/aromatic N) is 1. The number of aliphatic carboxylic acids is 1. The van der Waals surface area contributed by atoms with Gasteiger partial charge < -0.3 is 25.0 Å². The molecule has 1 aliphatic rings. The molecule has 1 heterocycles. The van der Waals surface area contributed by atoms with E-state index in [1.807, 2.05) is 12.1 Å². The first-order valence-corrected chi connectivity index (χ1v) is 10.7. The van der Waals surface area contributed by atoms with Crippen molar-refractivity contribution in [3.63, 3.8) is 0 Å². The lowest BCUT2D eigenvalue weighted by Crippen LogP contribution is -2.42. The number of carbonyl (C=O) groups is 2. The molecule has 0 bridgehead atoms. The molecule has 1 aliphatic heterocycles. The number of amides is 1. The van der Waals surface area contributed by atoms with Gasteiger partial charge in [-0.25, -0.2) is 0 Å². The van der Waals surface area contributed by atoms with Crippen molar-refractivity contribution in [2.75, 3.05) is 25.0 Å². The number of β-amino-alcohol motifs (C(OH)–C–C–N with tert-alkyl or cyclic N) is 1. The van der Waals surface area contributed by atoms with Crippen LogP contribution in [0.2, 0.25) is 5.02 Å². The maximum atomic E-state index is 11.7. The number of carbonyl (C=O) groups excluding carboxylic acids is 1. The number of likely N-dealkylation sites (tertiary alicyclic amines) is 1. The van der Waals surface area contributed by atoms with Gasteiger partial charge in [-0.1, -0.05) is 35.9 Å². The number of carboxylic acids is 1. The van der Waals surface area contributed by atoms with Gasteiger partial charge in [-0.3, -0.25) is 14.5 Å². The average Bonchev–Trinajstić information content (AvgIpc) is 3.15. The summed E-state index contributed by atoms with van der Waals surface area (Å²) in [4.78, 5) is 24.7. The summed E-state index contributed by atoms with van der Waals surface area (Å²) in [5.74, 6) is -0.749. The summed E-state index contributed by atoms with van der Waals surface area (Å²) in [6.07, 6.45) is -0.848. The summed E-state index contributed by atoms with van der Waals surface area (Å²) in [5, 5.41) is 23.4. The SMILES string of the molecule is CC(=O)Nc1ccccc1OCC(O)CN1CC(OCc2ccc(Cl)cc2)CC1C(=O)O. The van der Waals surface area contributed by atoms with E-state index in [-0.39, 0.29) is 25.2 Å². The largest absolute Gasteiger partial charge is 0.489 e. The molecular weight excluding hydrogens is 436 g/mol. The van der Waals surface area contributed by atoms with Gasteiger partial charge in [0, 0.05) is 31.5 Å². The fourth-order valence-corrected chi connectivity index (χ4v) is 3.76. The molecule has 3 atom stereocenters. The van der Waals surface area contributed by atoms with Crippen LogP contribution in [0.15, 0.2) is 48.5 Å². The van der Waals surface area contributed by atoms with E-state index in [4.69, 9.17) is 21.1 Å². The summed E-state index contributed by atoms with van der Waals surface area (Å²) in [7, 11) is 0. The number of hydrogen-bond donors (Lipinski definition) is 3. The van der Waals surface area contributed by atoms with Gasteiger partial charge in [-0.05, 0) is 29.8 Å². The fourth-order valence-electron chi connectivity index (χ4n) is 3.63. The number of benzene rings is 2. The van der Waals surface area contributed by atoms with Crippen molar-refractivity contribution in [2.24, 2.45) is 0 Å². The molecule has 3 unspecified atom stereocenters. The minimum Gasteiger partial charge on any atom is -0.489 e. The molecule has 9 heteroatoms. The molecule has 0 radical (unpaired) electrons. The quantitative estimate of drug-likeness (QED) is 0.498. The number of aliphatic hydroxyl groups excluding tert-OH is 1. The van der Waals surface area contributed by atoms with Gasteiger partial charge in [0.2, 0.25) is 5.91 Å². The van der Waals surface area contributed by atoms with E-state index in [0.717, 1.165) is 5.56 Å². The highest BCUT2D eigenvalue weighted by Gasteiger charge is 2.38. The van der Waals surface area contributed by atoms with Crippen molar-refractivity contribution in [1.29, 1.82) is 0 Å². The van der Waals surface area contributed by atoms with Gasteiger partial charge in [0.25, 0.3) is 0 Å². The molecule has 3 N–H and O–H groups in total. The molecule has 172 valence electrons. The number of hydrogen-bond acceptors (Lipinski definition) is 6. The van der Waals surface area contributed by atoms with E-state index >= 15 is 0 Å². The average molecular weight is 463 g/mol. The third-order valence-corrected chi connectivity index (χ3v) is 5.38. The second-order valence-electron chi connectivity index (χ2n) is 7.75. The summed E-state index contributed by atoms with van der Waals surface area (Å²) in [6, 6.07) is 13.5. The second kappa shape index (κ2) is 11.3. The van der Waals surface area contributed by atoms with Gasteiger partial charge in [-0.15, -0.1) is 0 Å². The van der Waals surface area contributed by atoms with E-state index in [0.29, 0.717) is 36.0 Å². The predicted molar refractivity (Wildman–Crippen MR) is 120 cm³/mol.